The molecule has 2 aromatic rings. The fraction of sp³-hybridized carbons (Fsp3) is 0.407. The Kier molecular flexibility index (Phi) is 7.10. The van der Waals surface area contributed by atoms with Crippen LogP contribution in [0.5, 0.6) is 0 Å². The first kappa shape index (κ1) is 23.7. The Morgan fingerprint density at radius 1 is 0.971 bits per heavy atom. The lowest BCUT2D eigenvalue weighted by Gasteiger charge is -2.32. The number of hydrogen-bond donors (Lipinski definition) is 1. The summed E-state index contributed by atoms with van der Waals surface area (Å²) < 4.78 is 0. The molecule has 178 valence electrons. The molecule has 1 aliphatic carbocycles. The topological polar surface area (TPSA) is 86.8 Å². The molecule has 1 saturated heterocycles. The zero-order valence-electron chi connectivity index (χ0n) is 19.8. The summed E-state index contributed by atoms with van der Waals surface area (Å²) in [6.45, 7) is 3.72. The van der Waals surface area contributed by atoms with Crippen molar-refractivity contribution in [2.75, 3.05) is 10.2 Å². The fourth-order valence-corrected chi connectivity index (χ4v) is 4.84. The third-order valence-corrected chi connectivity index (χ3v) is 6.66. The first-order valence-electron chi connectivity index (χ1n) is 11.9. The predicted molar refractivity (Wildman–Crippen MR) is 130 cm³/mol. The van der Waals surface area contributed by atoms with E-state index in [2.05, 4.69) is 5.32 Å². The van der Waals surface area contributed by atoms with Gasteiger partial charge in [0.05, 0.1) is 12.1 Å². The Morgan fingerprint density at radius 2 is 1.62 bits per heavy atom. The third-order valence-electron chi connectivity index (χ3n) is 6.66. The highest BCUT2D eigenvalue weighted by molar-refractivity contribution is 6.23. The van der Waals surface area contributed by atoms with Gasteiger partial charge in [-0.1, -0.05) is 49.1 Å². The van der Waals surface area contributed by atoms with Crippen LogP contribution in [0.1, 0.15) is 56.6 Å². The minimum Gasteiger partial charge on any atom is -0.326 e. The van der Waals surface area contributed by atoms with Crippen molar-refractivity contribution >= 4 is 35.0 Å². The number of anilines is 2. The second-order valence-electron chi connectivity index (χ2n) is 9.30. The number of carbonyl (C=O) groups is 4. The molecule has 34 heavy (non-hydrogen) atoms. The molecule has 0 spiro atoms. The molecule has 4 amide bonds. The van der Waals surface area contributed by atoms with E-state index in [-0.39, 0.29) is 36.0 Å². The number of carbonyl (C=O) groups excluding carboxylic acids is 4. The highest BCUT2D eigenvalue weighted by atomic mass is 16.2. The molecule has 7 heteroatoms. The molecule has 1 heterocycles. The van der Waals surface area contributed by atoms with Gasteiger partial charge in [0.2, 0.25) is 17.7 Å². The normalized spacial score (nSPS) is 18.8. The van der Waals surface area contributed by atoms with E-state index >= 15 is 0 Å². The van der Waals surface area contributed by atoms with E-state index in [1.165, 1.54) is 11.8 Å². The van der Waals surface area contributed by atoms with Gasteiger partial charge in [-0.25, -0.2) is 4.90 Å². The largest absolute Gasteiger partial charge is 0.326 e. The number of hydrogen-bond acceptors (Lipinski definition) is 4. The van der Waals surface area contributed by atoms with Crippen molar-refractivity contribution in [2.45, 2.75) is 65.0 Å². The summed E-state index contributed by atoms with van der Waals surface area (Å²) in [5.41, 5.74) is 3.08. The molecule has 1 N–H and O–H groups in total. The first-order valence-corrected chi connectivity index (χ1v) is 11.9. The molecule has 1 unspecified atom stereocenters. The van der Waals surface area contributed by atoms with Crippen LogP contribution in [0, 0.1) is 12.8 Å². The molecule has 2 aliphatic rings. The number of imide groups is 1. The molecule has 0 aromatic heterocycles. The summed E-state index contributed by atoms with van der Waals surface area (Å²) in [6, 6.07) is 13.7. The molecule has 1 atom stereocenters. The van der Waals surface area contributed by atoms with Crippen molar-refractivity contribution < 1.29 is 19.2 Å². The Labute approximate surface area is 200 Å². The highest BCUT2D eigenvalue weighted by Gasteiger charge is 2.45. The second kappa shape index (κ2) is 10.2. The summed E-state index contributed by atoms with van der Waals surface area (Å²) in [7, 11) is 0. The van der Waals surface area contributed by atoms with Gasteiger partial charge in [-0.15, -0.1) is 0 Å². The Balaban J connectivity index is 1.59. The van der Waals surface area contributed by atoms with Crippen molar-refractivity contribution in [3.63, 3.8) is 0 Å². The fourth-order valence-electron chi connectivity index (χ4n) is 4.84. The maximum absolute atomic E-state index is 13.6. The van der Waals surface area contributed by atoms with E-state index in [1.807, 2.05) is 31.2 Å². The quantitative estimate of drug-likeness (QED) is 0.654. The SMILES string of the molecule is CC(=O)Nc1ccc(N2C(=O)CC(N(Cc3ccc(C)cc3)C(=O)C3CCCCC3)C2=O)cc1. The van der Waals surface area contributed by atoms with E-state index in [4.69, 9.17) is 0 Å². The average Bonchev–Trinajstić information content (AvgIpc) is 3.12. The smallest absolute Gasteiger partial charge is 0.257 e. The minimum atomic E-state index is -0.821. The van der Waals surface area contributed by atoms with Gasteiger partial charge in [-0.3, -0.25) is 19.2 Å². The summed E-state index contributed by atoms with van der Waals surface area (Å²) in [6.07, 6.45) is 4.78. The van der Waals surface area contributed by atoms with Crippen molar-refractivity contribution in [1.82, 2.24) is 4.90 Å². The van der Waals surface area contributed by atoms with Crippen molar-refractivity contribution in [2.24, 2.45) is 5.92 Å². The van der Waals surface area contributed by atoms with Crippen LogP contribution in [-0.2, 0) is 25.7 Å². The summed E-state index contributed by atoms with van der Waals surface area (Å²) in [4.78, 5) is 54.1. The summed E-state index contributed by atoms with van der Waals surface area (Å²) in [5, 5.41) is 2.67. The molecule has 0 bridgehead atoms. The van der Waals surface area contributed by atoms with Crippen LogP contribution < -0.4 is 10.2 Å². The third kappa shape index (κ3) is 5.19. The predicted octanol–water partition coefficient (Wildman–Crippen LogP) is 4.19. The molecule has 1 saturated carbocycles. The van der Waals surface area contributed by atoms with Crippen LogP contribution in [0.25, 0.3) is 0 Å². The van der Waals surface area contributed by atoms with Gasteiger partial charge < -0.3 is 10.2 Å². The van der Waals surface area contributed by atoms with E-state index in [1.54, 1.807) is 29.2 Å². The molecular formula is C27H31N3O4. The van der Waals surface area contributed by atoms with Gasteiger partial charge in [0.15, 0.2) is 0 Å². The Morgan fingerprint density at radius 3 is 2.24 bits per heavy atom. The summed E-state index contributed by atoms with van der Waals surface area (Å²) in [5.74, 6) is -1.04. The van der Waals surface area contributed by atoms with Gasteiger partial charge in [0.25, 0.3) is 5.91 Å². The number of nitrogens with zero attached hydrogens (tertiary/aromatic N) is 2. The number of aryl methyl sites for hydroxylation is 1. The van der Waals surface area contributed by atoms with Crippen LogP contribution in [0.4, 0.5) is 11.4 Å². The minimum absolute atomic E-state index is 0.0311. The standard InChI is InChI=1S/C27H31N3O4/c1-18-8-10-20(11-9-18)17-29(26(33)21-6-4-3-5-7-21)24-16-25(32)30(27(24)34)23-14-12-22(13-15-23)28-19(2)31/h8-15,21,24H,3-7,16-17H2,1-2H3,(H,28,31). The first-order chi connectivity index (χ1) is 16.3. The number of amides is 4. The molecule has 0 radical (unpaired) electrons. The molecular weight excluding hydrogens is 430 g/mol. The van der Waals surface area contributed by atoms with Crippen LogP contribution in [0.3, 0.4) is 0 Å². The van der Waals surface area contributed by atoms with Crippen LogP contribution in [0.2, 0.25) is 0 Å². The van der Waals surface area contributed by atoms with Crippen molar-refractivity contribution in [1.29, 1.82) is 0 Å². The molecule has 1 aliphatic heterocycles. The lowest BCUT2D eigenvalue weighted by atomic mass is 9.87. The van der Waals surface area contributed by atoms with Gasteiger partial charge in [-0.2, -0.15) is 0 Å². The average molecular weight is 462 g/mol. The van der Waals surface area contributed by atoms with Crippen molar-refractivity contribution in [3.05, 3.63) is 59.7 Å². The van der Waals surface area contributed by atoms with Gasteiger partial charge in [0, 0.05) is 25.1 Å². The second-order valence-corrected chi connectivity index (χ2v) is 9.30. The number of rotatable bonds is 6. The highest BCUT2D eigenvalue weighted by Crippen LogP contribution is 2.31. The van der Waals surface area contributed by atoms with Crippen LogP contribution >= 0.6 is 0 Å². The van der Waals surface area contributed by atoms with Crippen LogP contribution in [0.15, 0.2) is 48.5 Å². The maximum Gasteiger partial charge on any atom is 0.257 e. The number of nitrogens with one attached hydrogen (secondary N) is 1. The molecule has 4 rings (SSSR count). The monoisotopic (exact) mass is 461 g/mol. The lowest BCUT2D eigenvalue weighted by molar-refractivity contribution is -0.143. The Bertz CT molecular complexity index is 1070. The summed E-state index contributed by atoms with van der Waals surface area (Å²) >= 11 is 0. The molecule has 2 fully saturated rings. The van der Waals surface area contributed by atoms with Crippen LogP contribution in [-0.4, -0.2) is 34.6 Å². The van der Waals surface area contributed by atoms with Gasteiger partial charge in [-0.05, 0) is 49.6 Å². The zero-order chi connectivity index (χ0) is 24.2. The lowest BCUT2D eigenvalue weighted by Crippen LogP contribution is -2.47. The van der Waals surface area contributed by atoms with E-state index in [0.717, 1.165) is 43.2 Å². The Hall–Kier alpha value is -3.48. The van der Waals surface area contributed by atoms with Gasteiger partial charge >= 0.3 is 0 Å². The van der Waals surface area contributed by atoms with E-state index in [0.29, 0.717) is 17.9 Å². The maximum atomic E-state index is 13.6. The zero-order valence-corrected chi connectivity index (χ0v) is 19.8. The van der Waals surface area contributed by atoms with E-state index < -0.39 is 6.04 Å². The molecule has 7 nitrogen and oxygen atoms in total. The van der Waals surface area contributed by atoms with Gasteiger partial charge in [0.1, 0.15) is 6.04 Å². The number of benzene rings is 2. The van der Waals surface area contributed by atoms with Crippen molar-refractivity contribution in [3.8, 4) is 0 Å². The molecule has 2 aromatic carbocycles. The van der Waals surface area contributed by atoms with E-state index in [9.17, 15) is 19.2 Å².